The predicted octanol–water partition coefficient (Wildman–Crippen LogP) is 3.22. The van der Waals surface area contributed by atoms with Crippen LogP contribution in [0.25, 0.3) is 11.4 Å². The molecule has 0 amide bonds. The van der Waals surface area contributed by atoms with Crippen LogP contribution in [0.5, 0.6) is 0 Å². The SMILES string of the molecule is O=S(=O)(c1ccc(Cn2ccnc2)cc1)c1cccc(-c2ncccn2)c1. The number of sulfone groups is 1. The topological polar surface area (TPSA) is 77.7 Å². The van der Waals surface area contributed by atoms with Gasteiger partial charge in [0.05, 0.1) is 16.1 Å². The van der Waals surface area contributed by atoms with Gasteiger partial charge in [-0.15, -0.1) is 0 Å². The van der Waals surface area contributed by atoms with Crippen molar-refractivity contribution in [1.82, 2.24) is 19.5 Å². The second kappa shape index (κ2) is 7.13. The number of hydrogen-bond donors (Lipinski definition) is 0. The first kappa shape index (κ1) is 17.1. The van der Waals surface area contributed by atoms with E-state index >= 15 is 0 Å². The number of imidazole rings is 1. The second-order valence-electron chi connectivity index (χ2n) is 5.98. The molecule has 0 radical (unpaired) electrons. The Balaban J connectivity index is 1.63. The molecule has 0 aliphatic carbocycles. The van der Waals surface area contributed by atoms with Crippen molar-refractivity contribution in [2.24, 2.45) is 0 Å². The summed E-state index contributed by atoms with van der Waals surface area (Å²) in [4.78, 5) is 12.8. The fourth-order valence-electron chi connectivity index (χ4n) is 2.75. The summed E-state index contributed by atoms with van der Waals surface area (Å²) in [5.74, 6) is 0.491. The van der Waals surface area contributed by atoms with E-state index in [-0.39, 0.29) is 9.79 Å². The molecule has 27 heavy (non-hydrogen) atoms. The third-order valence-electron chi connectivity index (χ3n) is 4.13. The fourth-order valence-corrected chi connectivity index (χ4v) is 4.06. The number of rotatable bonds is 5. The zero-order valence-electron chi connectivity index (χ0n) is 14.3. The molecule has 4 aromatic rings. The summed E-state index contributed by atoms with van der Waals surface area (Å²) >= 11 is 0. The van der Waals surface area contributed by atoms with Gasteiger partial charge in [0.2, 0.25) is 9.84 Å². The lowest BCUT2D eigenvalue weighted by Crippen LogP contribution is -2.03. The molecular formula is C20H16N4O2S. The molecule has 6 nitrogen and oxygen atoms in total. The number of nitrogens with zero attached hydrogens (tertiary/aromatic N) is 4. The molecule has 134 valence electrons. The molecule has 0 fully saturated rings. The molecule has 4 rings (SSSR count). The van der Waals surface area contributed by atoms with Crippen LogP contribution >= 0.6 is 0 Å². The Labute approximate surface area is 157 Å². The predicted molar refractivity (Wildman–Crippen MR) is 101 cm³/mol. The number of hydrogen-bond acceptors (Lipinski definition) is 5. The molecule has 0 unspecified atom stereocenters. The van der Waals surface area contributed by atoms with Gasteiger partial charge in [-0.2, -0.15) is 0 Å². The third-order valence-corrected chi connectivity index (χ3v) is 5.89. The van der Waals surface area contributed by atoms with E-state index in [2.05, 4.69) is 15.0 Å². The van der Waals surface area contributed by atoms with Crippen LogP contribution in [0.1, 0.15) is 5.56 Å². The average molecular weight is 376 g/mol. The lowest BCUT2D eigenvalue weighted by molar-refractivity contribution is 0.596. The number of aromatic nitrogens is 4. The first-order valence-electron chi connectivity index (χ1n) is 8.30. The molecule has 0 saturated heterocycles. The molecule has 0 aliphatic heterocycles. The second-order valence-corrected chi connectivity index (χ2v) is 7.93. The molecule has 2 heterocycles. The van der Waals surface area contributed by atoms with Gasteiger partial charge in [0.25, 0.3) is 0 Å². The molecular weight excluding hydrogens is 360 g/mol. The molecule has 2 aromatic heterocycles. The molecule has 7 heteroatoms. The Kier molecular flexibility index (Phi) is 4.52. The van der Waals surface area contributed by atoms with E-state index < -0.39 is 9.84 Å². The van der Waals surface area contributed by atoms with E-state index in [4.69, 9.17) is 0 Å². The Bertz CT molecular complexity index is 1140. The van der Waals surface area contributed by atoms with Crippen molar-refractivity contribution >= 4 is 9.84 Å². The monoisotopic (exact) mass is 376 g/mol. The number of benzene rings is 2. The molecule has 2 aromatic carbocycles. The standard InChI is InChI=1S/C20H16N4O2S/c25-27(26,18-7-5-16(6-8-18)14-24-12-11-21-15-24)19-4-1-3-17(13-19)20-22-9-2-10-23-20/h1-13,15H,14H2. The highest BCUT2D eigenvalue weighted by molar-refractivity contribution is 7.91. The Morgan fingerprint density at radius 1 is 0.852 bits per heavy atom. The molecule has 0 N–H and O–H groups in total. The molecule has 0 spiro atoms. The summed E-state index contributed by atoms with van der Waals surface area (Å²) in [6.45, 7) is 0.640. The van der Waals surface area contributed by atoms with Crippen LogP contribution in [-0.4, -0.2) is 27.9 Å². The minimum absolute atomic E-state index is 0.217. The van der Waals surface area contributed by atoms with Gasteiger partial charge in [-0.3, -0.25) is 0 Å². The van der Waals surface area contributed by atoms with Gasteiger partial charge in [-0.05, 0) is 35.9 Å². The maximum absolute atomic E-state index is 13.0. The first-order valence-corrected chi connectivity index (χ1v) is 9.78. The fraction of sp³-hybridized carbons (Fsp3) is 0.0500. The van der Waals surface area contributed by atoms with Crippen molar-refractivity contribution < 1.29 is 8.42 Å². The Morgan fingerprint density at radius 2 is 1.63 bits per heavy atom. The van der Waals surface area contributed by atoms with Crippen molar-refractivity contribution in [2.75, 3.05) is 0 Å². The van der Waals surface area contributed by atoms with E-state index in [0.29, 0.717) is 17.9 Å². The summed E-state index contributed by atoms with van der Waals surface area (Å²) in [5, 5.41) is 0. The highest BCUT2D eigenvalue weighted by atomic mass is 32.2. The molecule has 0 bridgehead atoms. The third kappa shape index (κ3) is 3.63. The lowest BCUT2D eigenvalue weighted by atomic mass is 10.2. The molecule has 0 atom stereocenters. The molecule has 0 aliphatic rings. The van der Waals surface area contributed by atoms with Crippen LogP contribution < -0.4 is 0 Å². The summed E-state index contributed by atoms with van der Waals surface area (Å²) < 4.78 is 27.9. The van der Waals surface area contributed by atoms with Crippen LogP contribution in [-0.2, 0) is 16.4 Å². The van der Waals surface area contributed by atoms with E-state index in [9.17, 15) is 8.42 Å². The van der Waals surface area contributed by atoms with Gasteiger partial charge in [-0.1, -0.05) is 24.3 Å². The van der Waals surface area contributed by atoms with Crippen molar-refractivity contribution in [3.8, 4) is 11.4 Å². The van der Waals surface area contributed by atoms with Crippen LogP contribution in [0.15, 0.2) is 95.5 Å². The summed E-state index contributed by atoms with van der Waals surface area (Å²) in [7, 11) is -3.62. The maximum Gasteiger partial charge on any atom is 0.206 e. The van der Waals surface area contributed by atoms with Gasteiger partial charge in [-0.25, -0.2) is 23.4 Å². The summed E-state index contributed by atoms with van der Waals surface area (Å²) in [5.41, 5.74) is 1.66. The van der Waals surface area contributed by atoms with Gasteiger partial charge >= 0.3 is 0 Å². The quantitative estimate of drug-likeness (QED) is 0.534. The lowest BCUT2D eigenvalue weighted by Gasteiger charge is -2.08. The summed E-state index contributed by atoms with van der Waals surface area (Å²) in [6.07, 6.45) is 8.55. The van der Waals surface area contributed by atoms with Crippen LogP contribution in [0, 0.1) is 0 Å². The largest absolute Gasteiger partial charge is 0.333 e. The van der Waals surface area contributed by atoms with Crippen LogP contribution in [0.3, 0.4) is 0 Å². The van der Waals surface area contributed by atoms with Gasteiger partial charge in [0.1, 0.15) is 0 Å². The maximum atomic E-state index is 13.0. The zero-order chi connectivity index (χ0) is 18.7. The van der Waals surface area contributed by atoms with Crippen LogP contribution in [0.2, 0.25) is 0 Å². The molecule has 0 saturated carbocycles. The van der Waals surface area contributed by atoms with E-state index in [1.807, 2.05) is 22.9 Å². The van der Waals surface area contributed by atoms with Crippen LogP contribution in [0.4, 0.5) is 0 Å². The minimum atomic E-state index is -3.62. The highest BCUT2D eigenvalue weighted by Crippen LogP contribution is 2.25. The smallest absolute Gasteiger partial charge is 0.206 e. The van der Waals surface area contributed by atoms with E-state index in [1.54, 1.807) is 67.4 Å². The minimum Gasteiger partial charge on any atom is -0.333 e. The van der Waals surface area contributed by atoms with Crippen molar-refractivity contribution in [3.63, 3.8) is 0 Å². The van der Waals surface area contributed by atoms with Crippen molar-refractivity contribution in [2.45, 2.75) is 16.3 Å². The van der Waals surface area contributed by atoms with Crippen molar-refractivity contribution in [1.29, 1.82) is 0 Å². The highest BCUT2D eigenvalue weighted by Gasteiger charge is 2.18. The first-order chi connectivity index (χ1) is 13.1. The normalized spacial score (nSPS) is 11.4. The van der Waals surface area contributed by atoms with E-state index in [1.165, 1.54) is 0 Å². The van der Waals surface area contributed by atoms with Gasteiger partial charge in [0, 0.05) is 36.9 Å². The Morgan fingerprint density at radius 3 is 2.33 bits per heavy atom. The van der Waals surface area contributed by atoms with E-state index in [0.717, 1.165) is 5.56 Å². The zero-order valence-corrected chi connectivity index (χ0v) is 15.1. The van der Waals surface area contributed by atoms with Crippen molar-refractivity contribution in [3.05, 3.63) is 91.3 Å². The Hall–Kier alpha value is -3.32. The summed E-state index contributed by atoms with van der Waals surface area (Å²) in [6, 6.07) is 15.3. The van der Waals surface area contributed by atoms with Gasteiger partial charge in [0.15, 0.2) is 5.82 Å². The van der Waals surface area contributed by atoms with Gasteiger partial charge < -0.3 is 4.57 Å². The average Bonchev–Trinajstić information content (AvgIpc) is 3.22.